The molecule has 0 amide bonds. The number of para-hydroxylation sites is 2. The second-order valence-corrected chi connectivity index (χ2v) is 11.6. The van der Waals surface area contributed by atoms with Gasteiger partial charge in [-0.1, -0.05) is 115 Å². The van der Waals surface area contributed by atoms with Gasteiger partial charge < -0.3 is 4.90 Å². The van der Waals surface area contributed by atoms with Crippen LogP contribution in [-0.4, -0.2) is 15.0 Å². The van der Waals surface area contributed by atoms with Gasteiger partial charge >= 0.3 is 0 Å². The number of fused-ring (bicyclic) bond motifs is 3. The minimum absolute atomic E-state index is 0.662. The van der Waals surface area contributed by atoms with Crippen LogP contribution in [-0.2, 0) is 0 Å². The maximum atomic E-state index is 5.04. The van der Waals surface area contributed by atoms with Gasteiger partial charge in [-0.05, 0) is 42.5 Å². The Kier molecular flexibility index (Phi) is 6.63. The lowest BCUT2D eigenvalue weighted by atomic mass is 10.0. The number of aromatic nitrogens is 3. The molecule has 8 rings (SSSR count). The molecule has 0 bridgehead atoms. The van der Waals surface area contributed by atoms with E-state index in [-0.39, 0.29) is 0 Å². The highest BCUT2D eigenvalue weighted by Crippen LogP contribution is 2.43. The first-order chi connectivity index (χ1) is 21.8. The zero-order valence-electron chi connectivity index (χ0n) is 23.7. The molecule has 0 unspecified atom stereocenters. The minimum Gasteiger partial charge on any atom is -0.310 e. The van der Waals surface area contributed by atoms with Gasteiger partial charge in [0.15, 0.2) is 17.5 Å². The smallest absolute Gasteiger partial charge is 0.164 e. The molecule has 2 heterocycles. The number of benzene rings is 6. The average Bonchev–Trinajstić information content (AvgIpc) is 3.48. The lowest BCUT2D eigenvalue weighted by Gasteiger charge is -2.25. The molecule has 6 aromatic carbocycles. The van der Waals surface area contributed by atoms with Crippen molar-refractivity contribution in [3.63, 3.8) is 0 Å². The Morgan fingerprint density at radius 3 is 1.50 bits per heavy atom. The van der Waals surface area contributed by atoms with Gasteiger partial charge in [-0.2, -0.15) is 0 Å². The Labute approximate surface area is 259 Å². The molecule has 5 heteroatoms. The van der Waals surface area contributed by atoms with E-state index in [0.29, 0.717) is 17.5 Å². The third kappa shape index (κ3) is 4.79. The highest BCUT2D eigenvalue weighted by molar-refractivity contribution is 7.26. The highest BCUT2D eigenvalue weighted by Gasteiger charge is 2.18. The molecule has 0 aliphatic heterocycles. The van der Waals surface area contributed by atoms with E-state index in [4.69, 9.17) is 15.0 Å². The van der Waals surface area contributed by atoms with Crippen molar-refractivity contribution < 1.29 is 0 Å². The molecule has 0 N–H and O–H groups in total. The van der Waals surface area contributed by atoms with Gasteiger partial charge in [-0.25, -0.2) is 15.0 Å². The largest absolute Gasteiger partial charge is 0.310 e. The molecule has 2 aromatic heterocycles. The van der Waals surface area contributed by atoms with E-state index >= 15 is 0 Å². The molecule has 0 fully saturated rings. The molecular formula is C39H26N4S. The van der Waals surface area contributed by atoms with Crippen molar-refractivity contribution >= 4 is 48.6 Å². The van der Waals surface area contributed by atoms with Crippen molar-refractivity contribution in [3.05, 3.63) is 158 Å². The number of hydrogen-bond acceptors (Lipinski definition) is 5. The lowest BCUT2D eigenvalue weighted by molar-refractivity contribution is 1.08. The Balaban J connectivity index is 1.31. The van der Waals surface area contributed by atoms with E-state index in [1.54, 1.807) is 11.3 Å². The number of thiophene rings is 1. The summed E-state index contributed by atoms with van der Waals surface area (Å²) in [6.45, 7) is 0. The molecular weight excluding hydrogens is 557 g/mol. The average molecular weight is 583 g/mol. The first-order valence-electron chi connectivity index (χ1n) is 14.5. The Morgan fingerprint density at radius 2 is 0.932 bits per heavy atom. The normalized spacial score (nSPS) is 11.2. The van der Waals surface area contributed by atoms with E-state index in [1.807, 2.05) is 60.7 Å². The molecule has 44 heavy (non-hydrogen) atoms. The predicted molar refractivity (Wildman–Crippen MR) is 184 cm³/mol. The summed E-state index contributed by atoms with van der Waals surface area (Å²) >= 11 is 1.80. The van der Waals surface area contributed by atoms with Crippen molar-refractivity contribution in [2.75, 3.05) is 4.90 Å². The summed E-state index contributed by atoms with van der Waals surface area (Å²) < 4.78 is 2.41. The molecule has 0 aliphatic rings. The Bertz CT molecular complexity index is 2120. The van der Waals surface area contributed by atoms with Gasteiger partial charge in [0.2, 0.25) is 0 Å². The number of nitrogens with zero attached hydrogens (tertiary/aromatic N) is 4. The fraction of sp³-hybridized carbons (Fsp3) is 0. The number of rotatable bonds is 6. The van der Waals surface area contributed by atoms with Crippen LogP contribution in [0.25, 0.3) is 54.3 Å². The van der Waals surface area contributed by atoms with Gasteiger partial charge in [0.1, 0.15) is 0 Å². The fourth-order valence-electron chi connectivity index (χ4n) is 5.67. The van der Waals surface area contributed by atoms with Crippen LogP contribution in [0, 0.1) is 0 Å². The minimum atomic E-state index is 0.662. The maximum absolute atomic E-state index is 5.04. The second-order valence-electron chi connectivity index (χ2n) is 10.5. The first kappa shape index (κ1) is 26.0. The second kappa shape index (κ2) is 11.2. The van der Waals surface area contributed by atoms with Crippen LogP contribution in [0.3, 0.4) is 0 Å². The summed E-state index contributed by atoms with van der Waals surface area (Å²) in [7, 11) is 0. The van der Waals surface area contributed by atoms with Crippen LogP contribution < -0.4 is 4.90 Å². The molecule has 0 atom stereocenters. The first-order valence-corrected chi connectivity index (χ1v) is 15.4. The fourth-order valence-corrected chi connectivity index (χ4v) is 6.84. The van der Waals surface area contributed by atoms with Crippen LogP contribution in [0.2, 0.25) is 0 Å². The van der Waals surface area contributed by atoms with Crippen LogP contribution >= 0.6 is 11.3 Å². The van der Waals surface area contributed by atoms with Crippen LogP contribution in [0.5, 0.6) is 0 Å². The van der Waals surface area contributed by atoms with E-state index in [2.05, 4.69) is 102 Å². The summed E-state index contributed by atoms with van der Waals surface area (Å²) in [4.78, 5) is 17.3. The summed E-state index contributed by atoms with van der Waals surface area (Å²) in [5, 5.41) is 2.35. The Morgan fingerprint density at radius 1 is 0.409 bits per heavy atom. The van der Waals surface area contributed by atoms with Crippen LogP contribution in [0.4, 0.5) is 17.1 Å². The zero-order chi connectivity index (χ0) is 29.3. The van der Waals surface area contributed by atoms with E-state index in [9.17, 15) is 0 Å². The van der Waals surface area contributed by atoms with Gasteiger partial charge in [0.25, 0.3) is 0 Å². The van der Waals surface area contributed by atoms with Gasteiger partial charge in [0, 0.05) is 53.9 Å². The molecule has 0 aliphatic carbocycles. The van der Waals surface area contributed by atoms with Crippen molar-refractivity contribution in [1.82, 2.24) is 15.0 Å². The third-order valence-corrected chi connectivity index (χ3v) is 8.83. The topological polar surface area (TPSA) is 41.9 Å². The van der Waals surface area contributed by atoms with Crippen LogP contribution in [0.1, 0.15) is 0 Å². The van der Waals surface area contributed by atoms with E-state index < -0.39 is 0 Å². The van der Waals surface area contributed by atoms with Crippen molar-refractivity contribution in [3.8, 4) is 34.2 Å². The van der Waals surface area contributed by atoms with Gasteiger partial charge in [-0.3, -0.25) is 0 Å². The molecule has 0 spiro atoms. The van der Waals surface area contributed by atoms with Crippen LogP contribution in [0.15, 0.2) is 158 Å². The number of hydrogen-bond donors (Lipinski definition) is 0. The van der Waals surface area contributed by atoms with Crippen molar-refractivity contribution in [1.29, 1.82) is 0 Å². The maximum Gasteiger partial charge on any atom is 0.164 e. The third-order valence-electron chi connectivity index (χ3n) is 7.71. The monoisotopic (exact) mass is 582 g/mol. The van der Waals surface area contributed by atoms with Gasteiger partial charge in [0.05, 0.1) is 0 Å². The summed E-state index contributed by atoms with van der Waals surface area (Å²) in [6.07, 6.45) is 0. The molecule has 0 radical (unpaired) electrons. The molecule has 8 aromatic rings. The van der Waals surface area contributed by atoms with Gasteiger partial charge in [-0.15, -0.1) is 11.3 Å². The SMILES string of the molecule is c1ccc(-c2nc(-c3ccccc3)nc(-c3cccc4sc5cc(N(c6ccccc6)c6ccccc6)ccc5c34)n2)cc1. The molecule has 4 nitrogen and oxygen atoms in total. The summed E-state index contributed by atoms with van der Waals surface area (Å²) in [6, 6.07) is 54.4. The summed E-state index contributed by atoms with van der Waals surface area (Å²) in [5.74, 6) is 1.99. The number of anilines is 3. The molecule has 0 saturated carbocycles. The summed E-state index contributed by atoms with van der Waals surface area (Å²) in [5.41, 5.74) is 6.27. The quantitative estimate of drug-likeness (QED) is 0.196. The zero-order valence-corrected chi connectivity index (χ0v) is 24.5. The van der Waals surface area contributed by atoms with Crippen molar-refractivity contribution in [2.45, 2.75) is 0 Å². The molecule has 0 saturated heterocycles. The predicted octanol–water partition coefficient (Wildman–Crippen LogP) is 10.7. The van der Waals surface area contributed by atoms with E-state index in [1.165, 1.54) is 14.8 Å². The molecule has 208 valence electrons. The Hall–Kier alpha value is -5.65. The standard InChI is InChI=1S/C39H26N4S/c1-5-14-27(15-6-1)37-40-38(28-16-7-2-8-17-28)42-39(41-37)33-22-13-23-34-36(33)32-25-24-31(26-35(32)44-34)43(29-18-9-3-10-19-29)30-20-11-4-12-21-30/h1-26H. The highest BCUT2D eigenvalue weighted by atomic mass is 32.1. The van der Waals surface area contributed by atoms with E-state index in [0.717, 1.165) is 39.1 Å². The lowest BCUT2D eigenvalue weighted by Crippen LogP contribution is -2.09. The van der Waals surface area contributed by atoms with Crippen molar-refractivity contribution in [2.24, 2.45) is 0 Å².